The molecule has 0 radical (unpaired) electrons. The number of aryl methyl sites for hydroxylation is 2. The standard InChI is InChI=1S/C20H26N2O3/c1-12-8-18(12)19-7-6-17(25-19)11-22(16-4-5-16)20(23)21-10-15-9-13(2)24-14(15)3/h6-7,9,12,16,18H,4-5,8,10-11H2,1-3H3,(H,21,23). The number of carbonyl (C=O) groups is 1. The third-order valence-electron chi connectivity index (χ3n) is 5.31. The minimum Gasteiger partial charge on any atom is -0.466 e. The summed E-state index contributed by atoms with van der Waals surface area (Å²) in [6, 6.07) is 6.38. The number of nitrogens with one attached hydrogen (secondary N) is 1. The van der Waals surface area contributed by atoms with Crippen LogP contribution in [-0.4, -0.2) is 17.0 Å². The van der Waals surface area contributed by atoms with Crippen LogP contribution in [0.4, 0.5) is 4.79 Å². The number of urea groups is 1. The van der Waals surface area contributed by atoms with Crippen LogP contribution in [-0.2, 0) is 13.1 Å². The Hall–Kier alpha value is -2.17. The zero-order chi connectivity index (χ0) is 17.6. The topological polar surface area (TPSA) is 58.6 Å². The predicted octanol–water partition coefficient (Wildman–Crippen LogP) is 4.49. The molecule has 2 aromatic rings. The van der Waals surface area contributed by atoms with E-state index in [0.717, 1.165) is 47.4 Å². The Labute approximate surface area is 148 Å². The maximum atomic E-state index is 12.7. The van der Waals surface area contributed by atoms with Crippen molar-refractivity contribution in [2.24, 2.45) is 5.92 Å². The molecule has 2 aliphatic carbocycles. The van der Waals surface area contributed by atoms with Crippen LogP contribution in [0.2, 0.25) is 0 Å². The van der Waals surface area contributed by atoms with E-state index in [0.29, 0.717) is 25.0 Å². The second kappa shape index (κ2) is 6.28. The van der Waals surface area contributed by atoms with Crippen molar-refractivity contribution in [1.82, 2.24) is 10.2 Å². The van der Waals surface area contributed by atoms with Gasteiger partial charge >= 0.3 is 6.03 Å². The van der Waals surface area contributed by atoms with Crippen molar-refractivity contribution in [1.29, 1.82) is 0 Å². The molecule has 0 aliphatic heterocycles. The van der Waals surface area contributed by atoms with Gasteiger partial charge in [-0.25, -0.2) is 4.79 Å². The van der Waals surface area contributed by atoms with Crippen molar-refractivity contribution in [2.45, 2.75) is 65.1 Å². The normalized spacial score (nSPS) is 22.0. The van der Waals surface area contributed by atoms with Crippen molar-refractivity contribution in [3.05, 3.63) is 46.8 Å². The van der Waals surface area contributed by atoms with E-state index in [4.69, 9.17) is 8.83 Å². The maximum Gasteiger partial charge on any atom is 0.318 e. The molecule has 0 aromatic carbocycles. The van der Waals surface area contributed by atoms with Gasteiger partial charge in [0.2, 0.25) is 0 Å². The molecule has 2 atom stereocenters. The Morgan fingerprint density at radius 3 is 2.64 bits per heavy atom. The largest absolute Gasteiger partial charge is 0.466 e. The van der Waals surface area contributed by atoms with Crippen LogP contribution < -0.4 is 5.32 Å². The van der Waals surface area contributed by atoms with Gasteiger partial charge in [-0.1, -0.05) is 6.92 Å². The summed E-state index contributed by atoms with van der Waals surface area (Å²) in [7, 11) is 0. The lowest BCUT2D eigenvalue weighted by Gasteiger charge is -2.21. The highest BCUT2D eigenvalue weighted by Gasteiger charge is 2.37. The summed E-state index contributed by atoms with van der Waals surface area (Å²) < 4.78 is 11.5. The third-order valence-corrected chi connectivity index (χ3v) is 5.31. The fraction of sp³-hybridized carbons (Fsp3) is 0.550. The third kappa shape index (κ3) is 3.60. The minimum absolute atomic E-state index is 0.0292. The number of rotatable bonds is 6. The van der Waals surface area contributed by atoms with Gasteiger partial charge in [-0.05, 0) is 57.2 Å². The molecule has 2 heterocycles. The smallest absolute Gasteiger partial charge is 0.318 e. The van der Waals surface area contributed by atoms with E-state index in [2.05, 4.69) is 18.3 Å². The Balaban J connectivity index is 1.38. The first kappa shape index (κ1) is 16.3. The Morgan fingerprint density at radius 2 is 2.04 bits per heavy atom. The molecule has 0 spiro atoms. The second-order valence-corrected chi connectivity index (χ2v) is 7.58. The molecule has 2 aliphatic rings. The number of carbonyl (C=O) groups excluding carboxylic acids is 1. The first-order valence-electron chi connectivity index (χ1n) is 9.20. The fourth-order valence-electron chi connectivity index (χ4n) is 3.45. The fourth-order valence-corrected chi connectivity index (χ4v) is 3.45. The Bertz CT molecular complexity index is 772. The van der Waals surface area contributed by atoms with E-state index in [-0.39, 0.29) is 6.03 Å². The SMILES string of the molecule is Cc1cc(CNC(=O)N(Cc2ccc(C3CC3C)o2)C2CC2)c(C)o1. The minimum atomic E-state index is -0.0292. The quantitative estimate of drug-likeness (QED) is 0.841. The molecule has 0 saturated heterocycles. The summed E-state index contributed by atoms with van der Waals surface area (Å²) in [4.78, 5) is 14.6. The summed E-state index contributed by atoms with van der Waals surface area (Å²) in [5, 5.41) is 3.03. The highest BCUT2D eigenvalue weighted by atomic mass is 16.3. The van der Waals surface area contributed by atoms with Crippen LogP contribution in [0, 0.1) is 19.8 Å². The van der Waals surface area contributed by atoms with Crippen LogP contribution in [0.3, 0.4) is 0 Å². The highest BCUT2D eigenvalue weighted by Crippen LogP contribution is 2.47. The molecule has 2 fully saturated rings. The van der Waals surface area contributed by atoms with Gasteiger partial charge in [0.1, 0.15) is 23.0 Å². The van der Waals surface area contributed by atoms with E-state index >= 15 is 0 Å². The van der Waals surface area contributed by atoms with Crippen LogP contribution >= 0.6 is 0 Å². The molecule has 2 amide bonds. The van der Waals surface area contributed by atoms with E-state index in [1.165, 1.54) is 6.42 Å². The van der Waals surface area contributed by atoms with Crippen LogP contribution in [0.5, 0.6) is 0 Å². The highest BCUT2D eigenvalue weighted by molar-refractivity contribution is 5.74. The number of amides is 2. The molecule has 4 rings (SSSR count). The zero-order valence-corrected chi connectivity index (χ0v) is 15.2. The van der Waals surface area contributed by atoms with Crippen LogP contribution in [0.1, 0.15) is 60.7 Å². The molecule has 2 unspecified atom stereocenters. The molecule has 25 heavy (non-hydrogen) atoms. The van der Waals surface area contributed by atoms with Crippen molar-refractivity contribution < 1.29 is 13.6 Å². The van der Waals surface area contributed by atoms with E-state index in [1.54, 1.807) is 0 Å². The molecule has 5 nitrogen and oxygen atoms in total. The first-order chi connectivity index (χ1) is 12.0. The summed E-state index contributed by atoms with van der Waals surface area (Å²) in [5.41, 5.74) is 1.03. The van der Waals surface area contributed by atoms with Crippen molar-refractivity contribution in [3.8, 4) is 0 Å². The number of hydrogen-bond acceptors (Lipinski definition) is 3. The van der Waals surface area contributed by atoms with Gasteiger partial charge in [-0.2, -0.15) is 0 Å². The van der Waals surface area contributed by atoms with Gasteiger partial charge < -0.3 is 19.1 Å². The summed E-state index contributed by atoms with van der Waals surface area (Å²) in [6.45, 7) is 7.13. The Kier molecular flexibility index (Phi) is 4.10. The molecule has 2 saturated carbocycles. The van der Waals surface area contributed by atoms with Crippen LogP contribution in [0.15, 0.2) is 27.0 Å². The van der Waals surface area contributed by atoms with Gasteiger partial charge in [0, 0.05) is 24.1 Å². The molecular weight excluding hydrogens is 316 g/mol. The van der Waals surface area contributed by atoms with Gasteiger partial charge in [-0.15, -0.1) is 0 Å². The molecule has 134 valence electrons. The molecular formula is C20H26N2O3. The average Bonchev–Trinajstić information content (AvgIpc) is 3.46. The lowest BCUT2D eigenvalue weighted by Crippen LogP contribution is -2.40. The lowest BCUT2D eigenvalue weighted by molar-refractivity contribution is 0.186. The molecule has 0 bridgehead atoms. The molecule has 5 heteroatoms. The molecule has 2 aromatic heterocycles. The zero-order valence-electron chi connectivity index (χ0n) is 15.2. The monoisotopic (exact) mass is 342 g/mol. The summed E-state index contributed by atoms with van der Waals surface area (Å²) in [6.07, 6.45) is 3.36. The lowest BCUT2D eigenvalue weighted by atomic mass is 10.2. The second-order valence-electron chi connectivity index (χ2n) is 7.58. The number of hydrogen-bond donors (Lipinski definition) is 1. The van der Waals surface area contributed by atoms with Crippen LogP contribution in [0.25, 0.3) is 0 Å². The van der Waals surface area contributed by atoms with E-state index in [9.17, 15) is 4.79 Å². The van der Waals surface area contributed by atoms with E-state index in [1.807, 2.05) is 30.9 Å². The van der Waals surface area contributed by atoms with Gasteiger partial charge in [0.15, 0.2) is 0 Å². The number of nitrogens with zero attached hydrogens (tertiary/aromatic N) is 1. The average molecular weight is 342 g/mol. The van der Waals surface area contributed by atoms with Crippen molar-refractivity contribution in [2.75, 3.05) is 0 Å². The van der Waals surface area contributed by atoms with Gasteiger partial charge in [-0.3, -0.25) is 0 Å². The summed E-state index contributed by atoms with van der Waals surface area (Å²) >= 11 is 0. The maximum absolute atomic E-state index is 12.7. The van der Waals surface area contributed by atoms with Gasteiger partial charge in [0.05, 0.1) is 6.54 Å². The summed E-state index contributed by atoms with van der Waals surface area (Å²) in [5.74, 6) is 4.99. The van der Waals surface area contributed by atoms with Crippen molar-refractivity contribution >= 4 is 6.03 Å². The number of furan rings is 2. The molecule has 1 N–H and O–H groups in total. The van der Waals surface area contributed by atoms with Crippen molar-refractivity contribution in [3.63, 3.8) is 0 Å². The van der Waals surface area contributed by atoms with E-state index < -0.39 is 0 Å². The van der Waals surface area contributed by atoms with Gasteiger partial charge in [0.25, 0.3) is 0 Å². The Morgan fingerprint density at radius 1 is 1.28 bits per heavy atom. The predicted molar refractivity (Wildman–Crippen MR) is 94.2 cm³/mol. The first-order valence-corrected chi connectivity index (χ1v) is 9.20.